The van der Waals surface area contributed by atoms with Crippen LogP contribution in [0.3, 0.4) is 0 Å². The molecule has 2 fully saturated rings. The third-order valence-electron chi connectivity index (χ3n) is 4.25. The number of piperidine rings is 1. The lowest BCUT2D eigenvalue weighted by Gasteiger charge is -2.37. The number of hydrogen-bond donors (Lipinski definition) is 1. The number of rotatable bonds is 5. The average molecular weight is 304 g/mol. The summed E-state index contributed by atoms with van der Waals surface area (Å²) in [5, 5.41) is 4.58. The lowest BCUT2D eigenvalue weighted by atomic mass is 9.79. The van der Waals surface area contributed by atoms with Crippen LogP contribution in [0.4, 0.5) is 0 Å². The van der Waals surface area contributed by atoms with Gasteiger partial charge in [-0.25, -0.2) is 13.6 Å². The van der Waals surface area contributed by atoms with Crippen molar-refractivity contribution in [1.29, 1.82) is 0 Å². The molecule has 1 heterocycles. The van der Waals surface area contributed by atoms with Gasteiger partial charge in [0.2, 0.25) is 15.9 Å². The molecule has 2 N–H and O–H groups in total. The molecule has 1 amide bonds. The van der Waals surface area contributed by atoms with Crippen molar-refractivity contribution in [2.45, 2.75) is 50.4 Å². The van der Waals surface area contributed by atoms with Crippen LogP contribution in [0.15, 0.2) is 0 Å². The molecule has 6 nitrogen and oxygen atoms in total. The van der Waals surface area contributed by atoms with Gasteiger partial charge in [0, 0.05) is 26.1 Å². The van der Waals surface area contributed by atoms with E-state index >= 15 is 0 Å². The summed E-state index contributed by atoms with van der Waals surface area (Å²) in [4.78, 5) is 13.8. The number of likely N-dealkylation sites (tertiary alicyclic amines) is 1. The smallest absolute Gasteiger partial charge is 0.222 e. The van der Waals surface area contributed by atoms with Crippen LogP contribution in [0.5, 0.6) is 0 Å². The molecule has 1 aliphatic carbocycles. The van der Waals surface area contributed by atoms with E-state index in [0.29, 0.717) is 44.4 Å². The molecule has 1 saturated carbocycles. The Hall–Kier alpha value is -0.660. The van der Waals surface area contributed by atoms with Gasteiger partial charge in [-0.1, -0.05) is 0 Å². The van der Waals surface area contributed by atoms with E-state index in [2.05, 4.69) is 0 Å². The van der Waals surface area contributed by atoms with Gasteiger partial charge in [-0.2, -0.15) is 0 Å². The van der Waals surface area contributed by atoms with Gasteiger partial charge < -0.3 is 9.64 Å². The van der Waals surface area contributed by atoms with Crippen LogP contribution in [-0.4, -0.2) is 50.3 Å². The van der Waals surface area contributed by atoms with E-state index < -0.39 is 15.3 Å². The molecule has 0 spiro atoms. The number of hydrogen-bond acceptors (Lipinski definition) is 4. The summed E-state index contributed by atoms with van der Waals surface area (Å²) in [6.45, 7) is 3.58. The second-order valence-electron chi connectivity index (χ2n) is 5.81. The molecule has 1 unspecified atom stereocenters. The van der Waals surface area contributed by atoms with Crippen molar-refractivity contribution in [2.24, 2.45) is 11.1 Å². The van der Waals surface area contributed by atoms with Crippen molar-refractivity contribution in [3.63, 3.8) is 0 Å². The Morgan fingerprint density at radius 2 is 2.10 bits per heavy atom. The predicted molar refractivity (Wildman–Crippen MR) is 75.5 cm³/mol. The van der Waals surface area contributed by atoms with Gasteiger partial charge in [0.1, 0.15) is 0 Å². The molecule has 20 heavy (non-hydrogen) atoms. The SMILES string of the molecule is CCOC1CC(CC(=O)N2CCCC(S(N)(=O)=O)C2)C1. The number of amides is 1. The highest BCUT2D eigenvalue weighted by Gasteiger charge is 2.35. The lowest BCUT2D eigenvalue weighted by Crippen LogP contribution is -2.48. The Bertz CT molecular complexity index is 445. The minimum atomic E-state index is -3.54. The first kappa shape index (κ1) is 15.7. The van der Waals surface area contributed by atoms with Gasteiger partial charge >= 0.3 is 0 Å². The zero-order chi connectivity index (χ0) is 14.8. The fraction of sp³-hybridized carbons (Fsp3) is 0.923. The fourth-order valence-electron chi connectivity index (χ4n) is 3.02. The summed E-state index contributed by atoms with van der Waals surface area (Å²) < 4.78 is 28.2. The minimum Gasteiger partial charge on any atom is -0.378 e. The number of carbonyl (C=O) groups is 1. The summed E-state index contributed by atoms with van der Waals surface area (Å²) in [7, 11) is -3.54. The third kappa shape index (κ3) is 3.93. The lowest BCUT2D eigenvalue weighted by molar-refractivity contribution is -0.135. The molecular weight excluding hydrogens is 280 g/mol. The average Bonchev–Trinajstić information content (AvgIpc) is 2.35. The Kier molecular flexibility index (Phi) is 5.04. The number of sulfonamides is 1. The molecule has 0 bridgehead atoms. The molecule has 7 heteroatoms. The summed E-state index contributed by atoms with van der Waals surface area (Å²) in [5.74, 6) is 0.437. The Morgan fingerprint density at radius 1 is 1.40 bits per heavy atom. The molecule has 0 aromatic carbocycles. The normalized spacial score (nSPS) is 30.9. The van der Waals surface area contributed by atoms with Gasteiger partial charge in [0.25, 0.3) is 0 Å². The van der Waals surface area contributed by atoms with E-state index in [9.17, 15) is 13.2 Å². The first-order valence-electron chi connectivity index (χ1n) is 7.31. The first-order valence-corrected chi connectivity index (χ1v) is 8.92. The van der Waals surface area contributed by atoms with Gasteiger partial charge in [0.05, 0.1) is 11.4 Å². The highest BCUT2D eigenvalue weighted by atomic mass is 32.2. The molecule has 0 aromatic rings. The van der Waals surface area contributed by atoms with E-state index in [0.717, 1.165) is 12.8 Å². The van der Waals surface area contributed by atoms with E-state index in [1.807, 2.05) is 6.92 Å². The van der Waals surface area contributed by atoms with E-state index in [4.69, 9.17) is 9.88 Å². The van der Waals surface area contributed by atoms with E-state index in [1.165, 1.54) is 0 Å². The zero-order valence-electron chi connectivity index (χ0n) is 12.0. The van der Waals surface area contributed by atoms with Crippen molar-refractivity contribution in [3.05, 3.63) is 0 Å². The van der Waals surface area contributed by atoms with Gasteiger partial charge in [-0.3, -0.25) is 4.79 Å². The number of nitrogens with zero attached hydrogens (tertiary/aromatic N) is 1. The quantitative estimate of drug-likeness (QED) is 0.799. The van der Waals surface area contributed by atoms with Crippen LogP contribution in [0.1, 0.15) is 39.0 Å². The fourth-order valence-corrected chi connectivity index (χ4v) is 3.90. The predicted octanol–water partition coefficient (Wildman–Crippen LogP) is 0.471. The molecule has 0 radical (unpaired) electrons. The summed E-state index contributed by atoms with van der Waals surface area (Å²) in [6, 6.07) is 0. The van der Waals surface area contributed by atoms with E-state index in [-0.39, 0.29) is 12.5 Å². The standard InChI is InChI=1S/C13H24N2O4S/c1-2-19-11-6-10(7-11)8-13(16)15-5-3-4-12(9-15)20(14,17)18/h10-12H,2-9H2,1H3,(H2,14,17,18). The van der Waals surface area contributed by atoms with Crippen LogP contribution in [0.25, 0.3) is 0 Å². The summed E-state index contributed by atoms with van der Waals surface area (Å²) in [5.41, 5.74) is 0. The third-order valence-corrected chi connectivity index (χ3v) is 5.57. The van der Waals surface area contributed by atoms with Crippen LogP contribution < -0.4 is 5.14 Å². The van der Waals surface area contributed by atoms with Crippen molar-refractivity contribution >= 4 is 15.9 Å². The maximum absolute atomic E-state index is 12.2. The van der Waals surface area contributed by atoms with Crippen LogP contribution in [0, 0.1) is 5.92 Å². The summed E-state index contributed by atoms with van der Waals surface area (Å²) >= 11 is 0. The van der Waals surface area contributed by atoms with Gasteiger partial charge in [-0.15, -0.1) is 0 Å². The Balaban J connectivity index is 1.78. The van der Waals surface area contributed by atoms with Crippen LogP contribution in [0.2, 0.25) is 0 Å². The van der Waals surface area contributed by atoms with Gasteiger partial charge in [0.15, 0.2) is 0 Å². The van der Waals surface area contributed by atoms with E-state index in [1.54, 1.807) is 4.90 Å². The zero-order valence-corrected chi connectivity index (χ0v) is 12.8. The Morgan fingerprint density at radius 3 is 2.70 bits per heavy atom. The number of primary sulfonamides is 1. The number of nitrogens with two attached hydrogens (primary N) is 1. The maximum Gasteiger partial charge on any atom is 0.222 e. The molecule has 1 saturated heterocycles. The largest absolute Gasteiger partial charge is 0.378 e. The van der Waals surface area contributed by atoms with Gasteiger partial charge in [-0.05, 0) is 38.5 Å². The molecule has 1 atom stereocenters. The van der Waals surface area contributed by atoms with Crippen LogP contribution >= 0.6 is 0 Å². The van der Waals surface area contributed by atoms with Crippen molar-refractivity contribution in [3.8, 4) is 0 Å². The maximum atomic E-state index is 12.2. The van der Waals surface area contributed by atoms with Crippen LogP contribution in [-0.2, 0) is 19.6 Å². The number of ether oxygens (including phenoxy) is 1. The monoisotopic (exact) mass is 304 g/mol. The first-order chi connectivity index (χ1) is 9.40. The molecule has 2 aliphatic rings. The highest BCUT2D eigenvalue weighted by molar-refractivity contribution is 7.89. The molecule has 1 aliphatic heterocycles. The van der Waals surface area contributed by atoms with Crippen molar-refractivity contribution < 1.29 is 17.9 Å². The Labute approximate surface area is 120 Å². The second kappa shape index (κ2) is 6.41. The molecule has 2 rings (SSSR count). The second-order valence-corrected chi connectivity index (χ2v) is 7.66. The van der Waals surface area contributed by atoms with Crippen molar-refractivity contribution in [2.75, 3.05) is 19.7 Å². The molecule has 0 aromatic heterocycles. The minimum absolute atomic E-state index is 0.0540. The number of carbonyl (C=O) groups excluding carboxylic acids is 1. The van der Waals surface area contributed by atoms with Crippen molar-refractivity contribution in [1.82, 2.24) is 4.90 Å². The topological polar surface area (TPSA) is 89.7 Å². The summed E-state index contributed by atoms with van der Waals surface area (Å²) in [6.07, 6.45) is 3.94. The molecule has 116 valence electrons. The highest BCUT2D eigenvalue weighted by Crippen LogP contribution is 2.33. The molecular formula is C13H24N2O4S.